The fraction of sp³-hybridized carbons (Fsp3) is 0.500. The van der Waals surface area contributed by atoms with E-state index >= 15 is 0 Å². The molecule has 23 heavy (non-hydrogen) atoms. The largest absolute Gasteiger partial charge is 0.376 e. The van der Waals surface area contributed by atoms with E-state index in [0.717, 1.165) is 25.0 Å². The molecule has 2 rings (SSSR count). The van der Waals surface area contributed by atoms with E-state index in [9.17, 15) is 17.6 Å². The van der Waals surface area contributed by atoms with Crippen molar-refractivity contribution in [3.8, 4) is 0 Å². The molecule has 128 valence electrons. The number of benzene rings is 1. The predicted molar refractivity (Wildman–Crippen MR) is 81.1 cm³/mol. The van der Waals surface area contributed by atoms with Gasteiger partial charge in [0.25, 0.3) is 15.9 Å². The first-order chi connectivity index (χ1) is 10.8. The number of sulfonamides is 1. The van der Waals surface area contributed by atoms with E-state index in [1.807, 2.05) is 0 Å². The van der Waals surface area contributed by atoms with Crippen LogP contribution >= 0.6 is 11.6 Å². The highest BCUT2D eigenvalue weighted by Crippen LogP contribution is 2.19. The van der Waals surface area contributed by atoms with E-state index in [-0.39, 0.29) is 17.7 Å². The van der Waals surface area contributed by atoms with Gasteiger partial charge in [-0.2, -0.15) is 0 Å². The minimum absolute atomic E-state index is 0.0565. The lowest BCUT2D eigenvalue weighted by Gasteiger charge is -2.16. The van der Waals surface area contributed by atoms with E-state index in [0.29, 0.717) is 6.61 Å². The minimum atomic E-state index is -4.33. The highest BCUT2D eigenvalue weighted by Gasteiger charge is 2.26. The van der Waals surface area contributed by atoms with Crippen molar-refractivity contribution in [3.05, 3.63) is 29.0 Å². The molecule has 0 saturated carbocycles. The van der Waals surface area contributed by atoms with Crippen LogP contribution < -0.4 is 4.72 Å². The Bertz CT molecular complexity index is 676. The summed E-state index contributed by atoms with van der Waals surface area (Å²) >= 11 is 5.57. The van der Waals surface area contributed by atoms with Gasteiger partial charge in [0.2, 0.25) is 0 Å². The molecule has 1 N–H and O–H groups in total. The van der Waals surface area contributed by atoms with Crippen LogP contribution in [0.3, 0.4) is 0 Å². The Kier molecular flexibility index (Phi) is 5.96. The second-order valence-corrected chi connectivity index (χ2v) is 7.24. The van der Waals surface area contributed by atoms with E-state index in [1.54, 1.807) is 4.72 Å². The summed E-state index contributed by atoms with van der Waals surface area (Å²) in [6.07, 6.45) is 0.668. The normalized spacial score (nSPS) is 19.5. The highest BCUT2D eigenvalue weighted by molar-refractivity contribution is 7.90. The lowest BCUT2D eigenvalue weighted by molar-refractivity contribution is -0.131. The summed E-state index contributed by atoms with van der Waals surface area (Å²) in [5.41, 5.74) is 0. The summed E-state index contributed by atoms with van der Waals surface area (Å²) in [4.78, 5) is 11.3. The van der Waals surface area contributed by atoms with Crippen molar-refractivity contribution in [3.63, 3.8) is 0 Å². The van der Waals surface area contributed by atoms with Crippen LogP contribution in [0.1, 0.15) is 19.8 Å². The van der Waals surface area contributed by atoms with Crippen molar-refractivity contribution in [2.24, 2.45) is 0 Å². The van der Waals surface area contributed by atoms with Gasteiger partial charge in [0.1, 0.15) is 16.8 Å². The standard InChI is InChI=1S/C14H17ClFNO5S/c1-9(22-8-11-3-2-6-21-11)14(18)17-23(19,20)13-5-4-10(15)7-12(13)16/h4-5,7,9,11H,2-3,6,8H2,1H3,(H,17,18)/t9-,11+/m0/s1. The van der Waals surface area contributed by atoms with Gasteiger partial charge >= 0.3 is 0 Å². The summed E-state index contributed by atoms with van der Waals surface area (Å²) in [6, 6.07) is 3.07. The second kappa shape index (κ2) is 7.57. The van der Waals surface area contributed by atoms with Gasteiger partial charge in [0, 0.05) is 11.6 Å². The summed E-state index contributed by atoms with van der Waals surface area (Å²) in [6.45, 7) is 2.26. The van der Waals surface area contributed by atoms with Crippen LogP contribution in [-0.4, -0.2) is 39.7 Å². The van der Waals surface area contributed by atoms with Crippen molar-refractivity contribution in [1.29, 1.82) is 0 Å². The third-order valence-corrected chi connectivity index (χ3v) is 4.96. The summed E-state index contributed by atoms with van der Waals surface area (Å²) in [7, 11) is -4.33. The van der Waals surface area contributed by atoms with Crippen molar-refractivity contribution >= 4 is 27.5 Å². The van der Waals surface area contributed by atoms with E-state index < -0.39 is 32.7 Å². The highest BCUT2D eigenvalue weighted by atomic mass is 35.5. The SMILES string of the molecule is C[C@H](OC[C@H]1CCCO1)C(=O)NS(=O)(=O)c1ccc(Cl)cc1F. The molecule has 1 amide bonds. The first-order valence-electron chi connectivity index (χ1n) is 7.04. The molecule has 0 bridgehead atoms. The topological polar surface area (TPSA) is 81.7 Å². The average molecular weight is 366 g/mol. The smallest absolute Gasteiger partial charge is 0.267 e. The predicted octanol–water partition coefficient (Wildman–Crippen LogP) is 1.87. The lowest BCUT2D eigenvalue weighted by atomic mass is 10.2. The van der Waals surface area contributed by atoms with Gasteiger partial charge in [-0.05, 0) is 38.0 Å². The molecule has 1 aliphatic heterocycles. The van der Waals surface area contributed by atoms with Gasteiger partial charge in [-0.1, -0.05) is 11.6 Å². The fourth-order valence-corrected chi connectivity index (χ4v) is 3.33. The Morgan fingerprint density at radius 3 is 2.91 bits per heavy atom. The Labute approximate surface area is 139 Å². The number of ether oxygens (including phenoxy) is 2. The molecule has 0 unspecified atom stereocenters. The summed E-state index contributed by atoms with van der Waals surface area (Å²) in [5.74, 6) is -1.91. The van der Waals surface area contributed by atoms with E-state index in [1.165, 1.54) is 13.0 Å². The molecule has 0 aliphatic carbocycles. The maximum Gasteiger partial charge on any atom is 0.267 e. The minimum Gasteiger partial charge on any atom is -0.376 e. The molecular formula is C14H17ClFNO5S. The number of rotatable bonds is 6. The Balaban J connectivity index is 1.97. The first kappa shape index (κ1) is 18.1. The molecule has 2 atom stereocenters. The molecular weight excluding hydrogens is 349 g/mol. The van der Waals surface area contributed by atoms with Crippen LogP contribution in [0.25, 0.3) is 0 Å². The van der Waals surface area contributed by atoms with E-state index in [4.69, 9.17) is 21.1 Å². The number of halogens is 2. The van der Waals surface area contributed by atoms with Gasteiger partial charge < -0.3 is 9.47 Å². The molecule has 0 spiro atoms. The fourth-order valence-electron chi connectivity index (χ4n) is 2.07. The van der Waals surface area contributed by atoms with E-state index in [2.05, 4.69) is 0 Å². The molecule has 6 nitrogen and oxygen atoms in total. The Morgan fingerprint density at radius 1 is 1.57 bits per heavy atom. The van der Waals surface area contributed by atoms with Gasteiger partial charge in [0.05, 0.1) is 12.7 Å². The number of carbonyl (C=O) groups is 1. The summed E-state index contributed by atoms with van der Waals surface area (Å²) in [5, 5.41) is 0.0565. The zero-order valence-corrected chi connectivity index (χ0v) is 14.0. The number of hydrogen-bond acceptors (Lipinski definition) is 5. The molecule has 1 saturated heterocycles. The van der Waals surface area contributed by atoms with Gasteiger partial charge in [-0.3, -0.25) is 4.79 Å². The molecule has 1 aromatic rings. The van der Waals surface area contributed by atoms with Crippen molar-refractivity contribution in [2.75, 3.05) is 13.2 Å². The maximum absolute atomic E-state index is 13.7. The van der Waals surface area contributed by atoms with Gasteiger partial charge in [-0.15, -0.1) is 0 Å². The number of amides is 1. The average Bonchev–Trinajstić information content (AvgIpc) is 2.96. The molecule has 0 radical (unpaired) electrons. The lowest BCUT2D eigenvalue weighted by Crippen LogP contribution is -2.39. The van der Waals surface area contributed by atoms with Crippen molar-refractivity contribution in [1.82, 2.24) is 4.72 Å². The van der Waals surface area contributed by atoms with Gasteiger partial charge in [-0.25, -0.2) is 17.5 Å². The summed E-state index contributed by atoms with van der Waals surface area (Å²) < 4.78 is 50.2. The van der Waals surface area contributed by atoms with Crippen molar-refractivity contribution < 1.29 is 27.1 Å². The molecule has 1 heterocycles. The quantitative estimate of drug-likeness (QED) is 0.832. The molecule has 9 heteroatoms. The number of nitrogens with one attached hydrogen (secondary N) is 1. The zero-order valence-electron chi connectivity index (χ0n) is 12.4. The zero-order chi connectivity index (χ0) is 17.0. The molecule has 0 aromatic heterocycles. The van der Waals surface area contributed by atoms with Crippen molar-refractivity contribution in [2.45, 2.75) is 36.9 Å². The Hall–Kier alpha value is -1.22. The van der Waals surface area contributed by atoms with Gasteiger partial charge in [0.15, 0.2) is 0 Å². The number of carbonyl (C=O) groups excluding carboxylic acids is 1. The Morgan fingerprint density at radius 2 is 2.30 bits per heavy atom. The van der Waals surface area contributed by atoms with Crippen LogP contribution in [0.5, 0.6) is 0 Å². The third-order valence-electron chi connectivity index (χ3n) is 3.34. The molecule has 1 aromatic carbocycles. The van der Waals surface area contributed by atoms with Crippen LogP contribution in [-0.2, 0) is 24.3 Å². The monoisotopic (exact) mass is 365 g/mol. The van der Waals surface area contributed by atoms with Crippen LogP contribution in [0, 0.1) is 5.82 Å². The number of hydrogen-bond donors (Lipinski definition) is 1. The second-order valence-electron chi connectivity index (χ2n) is 5.16. The van der Waals surface area contributed by atoms with Crippen LogP contribution in [0.2, 0.25) is 5.02 Å². The third kappa shape index (κ3) is 4.87. The first-order valence-corrected chi connectivity index (χ1v) is 8.90. The maximum atomic E-state index is 13.7. The van der Waals surface area contributed by atoms with Crippen LogP contribution in [0.15, 0.2) is 23.1 Å². The molecule has 1 fully saturated rings. The molecule has 1 aliphatic rings. The van der Waals surface area contributed by atoms with Crippen LogP contribution in [0.4, 0.5) is 4.39 Å².